The van der Waals surface area contributed by atoms with Gasteiger partial charge in [-0.1, -0.05) is 321 Å². The number of amides is 1. The number of carbonyl (C=O) groups excluding carboxylic acids is 2. The summed E-state index contributed by atoms with van der Waals surface area (Å²) in [5, 5.41) is 23.3. The van der Waals surface area contributed by atoms with E-state index >= 15 is 0 Å². The molecule has 0 saturated carbocycles. The zero-order chi connectivity index (χ0) is 52.2. The van der Waals surface area contributed by atoms with E-state index in [9.17, 15) is 19.8 Å². The van der Waals surface area contributed by atoms with Crippen molar-refractivity contribution in [2.24, 2.45) is 0 Å². The van der Waals surface area contributed by atoms with Gasteiger partial charge in [0.05, 0.1) is 25.4 Å². The van der Waals surface area contributed by atoms with Crippen LogP contribution in [-0.2, 0) is 14.3 Å². The number of nitrogens with one attached hydrogen (secondary N) is 1. The zero-order valence-electron chi connectivity index (χ0n) is 48.9. The number of allylic oxidation sites excluding steroid dienone is 2. The fourth-order valence-electron chi connectivity index (χ4n) is 10.5. The molecule has 0 fully saturated rings. The van der Waals surface area contributed by atoms with Crippen molar-refractivity contribution in [2.45, 2.75) is 386 Å². The van der Waals surface area contributed by atoms with E-state index in [4.69, 9.17) is 4.74 Å². The van der Waals surface area contributed by atoms with Gasteiger partial charge in [-0.3, -0.25) is 9.59 Å². The molecule has 0 aliphatic heterocycles. The van der Waals surface area contributed by atoms with Gasteiger partial charge in [0.2, 0.25) is 5.91 Å². The molecular weight excluding hydrogens is 887 g/mol. The predicted octanol–water partition coefficient (Wildman–Crippen LogP) is 20.8. The molecule has 1 amide bonds. The van der Waals surface area contributed by atoms with E-state index in [2.05, 4.69) is 31.3 Å². The molecule has 0 radical (unpaired) electrons. The first-order chi connectivity index (χ1) is 35.5. The monoisotopic (exact) mass is 1020 g/mol. The van der Waals surface area contributed by atoms with Crippen molar-refractivity contribution in [1.29, 1.82) is 0 Å². The molecule has 0 heterocycles. The maximum absolute atomic E-state index is 12.5. The van der Waals surface area contributed by atoms with Crippen molar-refractivity contribution < 1.29 is 24.5 Å². The second-order valence-corrected chi connectivity index (χ2v) is 22.8. The van der Waals surface area contributed by atoms with Gasteiger partial charge < -0.3 is 20.3 Å². The fourth-order valence-corrected chi connectivity index (χ4v) is 10.5. The van der Waals surface area contributed by atoms with Crippen LogP contribution in [0.3, 0.4) is 0 Å². The summed E-state index contributed by atoms with van der Waals surface area (Å²) in [5.41, 5.74) is 0. The van der Waals surface area contributed by atoms with Crippen LogP contribution in [-0.4, -0.2) is 47.4 Å². The summed E-state index contributed by atoms with van der Waals surface area (Å²) in [7, 11) is 0. The molecule has 0 aliphatic rings. The molecule has 0 bridgehead atoms. The molecule has 3 N–H and O–H groups in total. The Morgan fingerprint density at radius 1 is 0.375 bits per heavy atom. The van der Waals surface area contributed by atoms with Crippen LogP contribution < -0.4 is 5.32 Å². The van der Waals surface area contributed by atoms with Gasteiger partial charge in [0, 0.05) is 12.8 Å². The van der Waals surface area contributed by atoms with Crippen LogP contribution >= 0.6 is 0 Å². The van der Waals surface area contributed by atoms with Crippen LogP contribution in [0.5, 0.6) is 0 Å². The first-order valence-corrected chi connectivity index (χ1v) is 32.9. The normalized spacial score (nSPS) is 12.6. The first-order valence-electron chi connectivity index (χ1n) is 32.9. The number of aliphatic hydroxyl groups excluding tert-OH is 2. The Labute approximate surface area is 450 Å². The van der Waals surface area contributed by atoms with Gasteiger partial charge in [-0.2, -0.15) is 0 Å². The molecule has 6 heteroatoms. The second-order valence-electron chi connectivity index (χ2n) is 22.8. The van der Waals surface area contributed by atoms with Crippen LogP contribution in [0.15, 0.2) is 12.2 Å². The van der Waals surface area contributed by atoms with Gasteiger partial charge in [-0.05, 0) is 51.4 Å². The van der Waals surface area contributed by atoms with Crippen LogP contribution in [0.4, 0.5) is 0 Å². The molecule has 2 atom stereocenters. The molecule has 2 unspecified atom stereocenters. The molecule has 0 rings (SSSR count). The van der Waals surface area contributed by atoms with E-state index in [1.165, 1.54) is 302 Å². The molecule has 0 aromatic carbocycles. The predicted molar refractivity (Wildman–Crippen MR) is 315 cm³/mol. The van der Waals surface area contributed by atoms with Gasteiger partial charge in [-0.25, -0.2) is 0 Å². The van der Waals surface area contributed by atoms with Crippen LogP contribution in [0, 0.1) is 0 Å². The Hall–Kier alpha value is -1.40. The summed E-state index contributed by atoms with van der Waals surface area (Å²) in [6, 6.07) is -0.541. The number of carbonyl (C=O) groups is 2. The second kappa shape index (κ2) is 62.1. The lowest BCUT2D eigenvalue weighted by Gasteiger charge is -2.22. The quantitative estimate of drug-likeness (QED) is 0.0320. The van der Waals surface area contributed by atoms with Gasteiger partial charge in [0.15, 0.2) is 0 Å². The van der Waals surface area contributed by atoms with Crippen molar-refractivity contribution in [3.8, 4) is 0 Å². The van der Waals surface area contributed by atoms with E-state index in [-0.39, 0.29) is 18.5 Å². The number of hydrogen-bond acceptors (Lipinski definition) is 5. The molecular formula is C66H129NO5. The average molecular weight is 1020 g/mol. The molecule has 428 valence electrons. The largest absolute Gasteiger partial charge is 0.466 e. The Morgan fingerprint density at radius 3 is 0.986 bits per heavy atom. The molecule has 72 heavy (non-hydrogen) atoms. The number of unbranched alkanes of at least 4 members (excludes halogenated alkanes) is 49. The highest BCUT2D eigenvalue weighted by Gasteiger charge is 2.20. The Balaban J connectivity index is 3.36. The van der Waals surface area contributed by atoms with Gasteiger partial charge in [-0.15, -0.1) is 0 Å². The smallest absolute Gasteiger partial charge is 0.305 e. The SMILES string of the molecule is CCCCCCCCCCCCCCCCCC(=O)OCCCCCCCCCCCCCC/C=C\CCCCCCCCCCCCC(=O)NC(CO)C(O)CCCCCCCCCCCCCCCC. The number of rotatable bonds is 62. The lowest BCUT2D eigenvalue weighted by atomic mass is 10.0. The molecule has 0 aromatic heterocycles. The van der Waals surface area contributed by atoms with Crippen molar-refractivity contribution in [2.75, 3.05) is 13.2 Å². The minimum absolute atomic E-state index is 0.0180. The van der Waals surface area contributed by atoms with Gasteiger partial charge >= 0.3 is 5.97 Å². The Morgan fingerprint density at radius 2 is 0.653 bits per heavy atom. The topological polar surface area (TPSA) is 95.9 Å². The summed E-state index contributed by atoms with van der Waals surface area (Å²) < 4.78 is 5.49. The third-order valence-corrected chi connectivity index (χ3v) is 15.6. The van der Waals surface area contributed by atoms with Crippen LogP contribution in [0.2, 0.25) is 0 Å². The minimum Gasteiger partial charge on any atom is -0.466 e. The Kier molecular flexibility index (Phi) is 60.9. The molecule has 0 saturated heterocycles. The molecule has 6 nitrogen and oxygen atoms in total. The van der Waals surface area contributed by atoms with Crippen molar-refractivity contribution >= 4 is 11.9 Å². The van der Waals surface area contributed by atoms with Crippen LogP contribution in [0.1, 0.15) is 373 Å². The standard InChI is InChI=1S/C66H129NO5/c1-3-5-7-9-11-13-15-17-31-36-40-44-48-52-56-60-66(71)72-61-57-53-49-45-41-37-33-30-28-26-24-22-20-19-21-23-25-27-29-32-35-39-43-47-51-55-59-65(70)67-63(62-68)64(69)58-54-50-46-42-38-34-18-16-14-12-10-8-6-4-2/h19,21,63-64,68-69H,3-18,20,22-62H2,1-2H3,(H,67,70)/b21-19-. The summed E-state index contributed by atoms with van der Waals surface area (Å²) >= 11 is 0. The van der Waals surface area contributed by atoms with E-state index in [0.29, 0.717) is 25.9 Å². The highest BCUT2D eigenvalue weighted by Crippen LogP contribution is 2.18. The van der Waals surface area contributed by atoms with Crippen molar-refractivity contribution in [3.05, 3.63) is 12.2 Å². The summed E-state index contributed by atoms with van der Waals surface area (Å²) in [4.78, 5) is 24.6. The van der Waals surface area contributed by atoms with E-state index < -0.39 is 12.1 Å². The summed E-state index contributed by atoms with van der Waals surface area (Å²) in [6.45, 7) is 4.98. The van der Waals surface area contributed by atoms with E-state index in [1.54, 1.807) is 0 Å². The number of esters is 1. The number of ether oxygens (including phenoxy) is 1. The average Bonchev–Trinajstić information content (AvgIpc) is 3.38. The molecule has 0 aliphatic carbocycles. The summed E-state index contributed by atoms with van der Waals surface area (Å²) in [5.74, 6) is -0.0164. The van der Waals surface area contributed by atoms with Crippen molar-refractivity contribution in [1.82, 2.24) is 5.32 Å². The molecule has 0 aromatic rings. The fraction of sp³-hybridized carbons (Fsp3) is 0.939. The van der Waals surface area contributed by atoms with Gasteiger partial charge in [0.1, 0.15) is 0 Å². The van der Waals surface area contributed by atoms with Crippen LogP contribution in [0.25, 0.3) is 0 Å². The van der Waals surface area contributed by atoms with E-state index in [1.807, 2.05) is 0 Å². The van der Waals surface area contributed by atoms with E-state index in [0.717, 1.165) is 38.5 Å². The lowest BCUT2D eigenvalue weighted by Crippen LogP contribution is -2.45. The highest BCUT2D eigenvalue weighted by molar-refractivity contribution is 5.76. The lowest BCUT2D eigenvalue weighted by molar-refractivity contribution is -0.143. The number of hydrogen-bond donors (Lipinski definition) is 3. The third-order valence-electron chi connectivity index (χ3n) is 15.6. The van der Waals surface area contributed by atoms with Gasteiger partial charge in [0.25, 0.3) is 0 Å². The maximum atomic E-state index is 12.5. The third kappa shape index (κ3) is 57.9. The zero-order valence-corrected chi connectivity index (χ0v) is 48.9. The summed E-state index contributed by atoms with van der Waals surface area (Å²) in [6.07, 6.45) is 75.2. The Bertz CT molecular complexity index is 1080. The maximum Gasteiger partial charge on any atom is 0.305 e. The number of aliphatic hydroxyl groups is 2. The molecule has 0 spiro atoms. The van der Waals surface area contributed by atoms with Crippen molar-refractivity contribution in [3.63, 3.8) is 0 Å². The minimum atomic E-state index is -0.664. The highest BCUT2D eigenvalue weighted by atomic mass is 16.5. The first kappa shape index (κ1) is 70.6.